The zero-order valence-electron chi connectivity index (χ0n) is 22.4. The van der Waals surface area contributed by atoms with Crippen molar-refractivity contribution >= 4 is 35.1 Å². The number of amides is 1. The number of carbonyl (C=O) groups excluding carboxylic acids is 1. The topological polar surface area (TPSA) is 68.5 Å². The van der Waals surface area contributed by atoms with Crippen LogP contribution in [0.3, 0.4) is 0 Å². The number of fused-ring (bicyclic) bond motifs is 2. The lowest BCUT2D eigenvalue weighted by atomic mass is 9.52. The summed E-state index contributed by atoms with van der Waals surface area (Å²) in [6.07, 6.45) is -0.569. The van der Waals surface area contributed by atoms with Gasteiger partial charge in [-0.1, -0.05) is 0 Å². The molecule has 0 spiro atoms. The molecule has 8 nitrogen and oxygen atoms in total. The summed E-state index contributed by atoms with van der Waals surface area (Å²) < 4.78 is 58.6. The number of ether oxygens (including phenoxy) is 3. The molecule has 0 unspecified atom stereocenters. The largest absolute Gasteiger partial charge is 0.513 e. The molecule has 204 valence electrons. The quantitative estimate of drug-likeness (QED) is 0.380. The van der Waals surface area contributed by atoms with E-state index >= 15 is 0 Å². The van der Waals surface area contributed by atoms with Crippen LogP contribution in [0.15, 0.2) is 36.7 Å². The fourth-order valence-corrected chi connectivity index (χ4v) is 4.94. The van der Waals surface area contributed by atoms with Gasteiger partial charge in [-0.3, -0.25) is 14.1 Å². The number of nitrogens with zero attached hydrogens (tertiary/aromatic N) is 4. The van der Waals surface area contributed by atoms with Crippen molar-refractivity contribution in [1.82, 2.24) is 19.2 Å². The van der Waals surface area contributed by atoms with E-state index in [0.717, 1.165) is 49.0 Å². The van der Waals surface area contributed by atoms with Crippen molar-refractivity contribution in [2.24, 2.45) is 0 Å². The van der Waals surface area contributed by atoms with Crippen LogP contribution in [0.4, 0.5) is 13.2 Å². The van der Waals surface area contributed by atoms with Crippen molar-refractivity contribution in [3.63, 3.8) is 0 Å². The minimum Gasteiger partial charge on any atom is -0.513 e. The first-order chi connectivity index (χ1) is 18.5. The van der Waals surface area contributed by atoms with Crippen LogP contribution >= 0.6 is 0 Å². The predicted octanol–water partition coefficient (Wildman–Crippen LogP) is 0.162. The summed E-state index contributed by atoms with van der Waals surface area (Å²) in [6, 6.07) is 7.31. The van der Waals surface area contributed by atoms with Crippen LogP contribution < -0.4 is 9.47 Å². The fourth-order valence-electron chi connectivity index (χ4n) is 4.94. The first-order valence-electron chi connectivity index (χ1n) is 13.1. The van der Waals surface area contributed by atoms with Gasteiger partial charge in [0.25, 0.3) is 5.91 Å². The Kier molecular flexibility index (Phi) is 7.61. The number of hydrogen-bond donors (Lipinski definition) is 0. The third-order valence-corrected chi connectivity index (χ3v) is 6.68. The fraction of sp³-hybridized carbons (Fsp3) is 0.440. The Bertz CT molecular complexity index is 1360. The number of carbonyl (C=O) groups is 1. The average molecular weight is 540 g/mol. The number of alkyl halides is 3. The number of hydrogen-bond acceptors (Lipinski definition) is 6. The lowest BCUT2D eigenvalue weighted by Gasteiger charge is -2.32. The van der Waals surface area contributed by atoms with Crippen molar-refractivity contribution in [2.75, 3.05) is 52.5 Å². The number of rotatable bonds is 8. The van der Waals surface area contributed by atoms with Crippen LogP contribution in [0.25, 0.3) is 16.9 Å². The van der Waals surface area contributed by atoms with Crippen LogP contribution in [-0.2, 0) is 11.2 Å². The van der Waals surface area contributed by atoms with Crippen molar-refractivity contribution in [3.8, 4) is 22.8 Å². The van der Waals surface area contributed by atoms with Crippen LogP contribution in [0.1, 0.15) is 15.9 Å². The standard InChI is InChI=1S/C25H30B3F3N4O4/c26-25(27,28)39-20-12-17(11-16-1-3-34(15-24(29,30)31)23(36)22(16)20)19-14-32-21-13-18(2-4-35(19)21)38-10-7-33-5-8-37-9-6-33/h2,4,11-14H,1,3,5-10,15,26-28H2. The maximum atomic E-state index is 13.1. The summed E-state index contributed by atoms with van der Waals surface area (Å²) >= 11 is 0. The normalized spacial score (nSPS) is 16.9. The second-order valence-corrected chi connectivity index (χ2v) is 10.9. The maximum Gasteiger partial charge on any atom is 0.406 e. The monoisotopic (exact) mass is 540 g/mol. The molecule has 0 N–H and O–H groups in total. The van der Waals surface area contributed by atoms with Gasteiger partial charge in [0.15, 0.2) is 0 Å². The van der Waals surface area contributed by atoms with Crippen LogP contribution in [0.5, 0.6) is 11.5 Å². The zero-order chi connectivity index (χ0) is 27.8. The molecule has 2 aliphatic rings. The smallest absolute Gasteiger partial charge is 0.406 e. The Hall–Kier alpha value is -3.12. The van der Waals surface area contributed by atoms with Gasteiger partial charge in [0, 0.05) is 49.3 Å². The van der Waals surface area contributed by atoms with E-state index in [-0.39, 0.29) is 17.9 Å². The second-order valence-electron chi connectivity index (χ2n) is 10.9. The molecule has 1 aromatic carbocycles. The molecule has 0 aliphatic carbocycles. The SMILES string of the molecule is BC(B)(B)Oc1cc(-c2cnc3cc(OCCN4CCOCC4)ccn23)cc2c1C(=O)N(CC(F)(F)F)CC2. The highest BCUT2D eigenvalue weighted by Gasteiger charge is 2.37. The van der Waals surface area contributed by atoms with Gasteiger partial charge in [-0.25, -0.2) is 4.98 Å². The Morgan fingerprint density at radius 2 is 1.85 bits per heavy atom. The van der Waals surface area contributed by atoms with E-state index in [1.54, 1.807) is 12.3 Å². The molecule has 2 aliphatic heterocycles. The van der Waals surface area contributed by atoms with E-state index < -0.39 is 23.9 Å². The van der Waals surface area contributed by atoms with E-state index in [9.17, 15) is 18.0 Å². The number of imidazole rings is 1. The molecular weight excluding hydrogens is 510 g/mol. The van der Waals surface area contributed by atoms with Gasteiger partial charge in [0.2, 0.25) is 0 Å². The molecule has 1 amide bonds. The molecule has 0 atom stereocenters. The number of pyridine rings is 1. The second kappa shape index (κ2) is 10.8. The van der Waals surface area contributed by atoms with Crippen LogP contribution in [-0.4, -0.2) is 113 Å². The first-order valence-corrected chi connectivity index (χ1v) is 13.1. The van der Waals surface area contributed by atoms with E-state index in [1.165, 1.54) is 0 Å². The number of benzene rings is 1. The summed E-state index contributed by atoms with van der Waals surface area (Å²) in [6.45, 7) is 3.37. The van der Waals surface area contributed by atoms with Crippen molar-refractivity contribution in [1.29, 1.82) is 0 Å². The molecule has 2 aromatic heterocycles. The molecule has 4 heterocycles. The molecular formula is C25H30B3F3N4O4. The third-order valence-electron chi connectivity index (χ3n) is 6.68. The van der Waals surface area contributed by atoms with Gasteiger partial charge >= 0.3 is 6.18 Å². The van der Waals surface area contributed by atoms with Crippen LogP contribution in [0.2, 0.25) is 0 Å². The minimum atomic E-state index is -4.47. The zero-order valence-corrected chi connectivity index (χ0v) is 22.4. The molecule has 39 heavy (non-hydrogen) atoms. The van der Waals surface area contributed by atoms with Gasteiger partial charge in [-0.2, -0.15) is 13.2 Å². The average Bonchev–Trinajstić information content (AvgIpc) is 3.28. The Morgan fingerprint density at radius 1 is 1.08 bits per heavy atom. The summed E-state index contributed by atoms with van der Waals surface area (Å²) in [7, 11) is 5.50. The number of halogens is 3. The summed E-state index contributed by atoms with van der Waals surface area (Å²) in [5.74, 6) is 0.312. The Morgan fingerprint density at radius 3 is 2.56 bits per heavy atom. The van der Waals surface area contributed by atoms with Gasteiger partial charge in [0.1, 0.15) is 53.8 Å². The molecule has 0 radical (unpaired) electrons. The van der Waals surface area contributed by atoms with E-state index in [1.807, 2.05) is 52.3 Å². The van der Waals surface area contributed by atoms with Crippen molar-refractivity contribution in [2.45, 2.75) is 17.9 Å². The first kappa shape index (κ1) is 27.5. The minimum absolute atomic E-state index is 0.0118. The molecule has 0 bridgehead atoms. The van der Waals surface area contributed by atoms with Crippen molar-refractivity contribution in [3.05, 3.63) is 47.8 Å². The van der Waals surface area contributed by atoms with E-state index in [0.29, 0.717) is 30.0 Å². The summed E-state index contributed by atoms with van der Waals surface area (Å²) in [4.78, 5) is 20.8. The molecule has 3 aromatic rings. The third kappa shape index (κ3) is 6.55. The van der Waals surface area contributed by atoms with Gasteiger partial charge in [0.05, 0.1) is 30.7 Å². The molecule has 0 saturated carbocycles. The molecule has 1 fully saturated rings. The molecule has 1 saturated heterocycles. The lowest BCUT2D eigenvalue weighted by Crippen LogP contribution is -2.44. The maximum absolute atomic E-state index is 13.1. The summed E-state index contributed by atoms with van der Waals surface area (Å²) in [5.41, 5.74) is 3.08. The van der Waals surface area contributed by atoms with Crippen LogP contribution in [0, 0.1) is 0 Å². The van der Waals surface area contributed by atoms with Gasteiger partial charge in [-0.15, -0.1) is 0 Å². The summed E-state index contributed by atoms with van der Waals surface area (Å²) in [5, 5.41) is -0.661. The Balaban J connectivity index is 1.41. The predicted molar refractivity (Wildman–Crippen MR) is 148 cm³/mol. The Labute approximate surface area is 227 Å². The van der Waals surface area contributed by atoms with Gasteiger partial charge < -0.3 is 19.1 Å². The number of morpholine rings is 1. The lowest BCUT2D eigenvalue weighted by molar-refractivity contribution is -0.141. The molecule has 5 rings (SSSR count). The number of aromatic nitrogens is 2. The highest BCUT2D eigenvalue weighted by molar-refractivity contribution is 6.58. The molecule has 14 heteroatoms. The van der Waals surface area contributed by atoms with Crippen molar-refractivity contribution < 1.29 is 32.2 Å². The van der Waals surface area contributed by atoms with Gasteiger partial charge in [-0.05, 0) is 30.2 Å². The highest BCUT2D eigenvalue weighted by Crippen LogP contribution is 2.36. The van der Waals surface area contributed by atoms with E-state index in [4.69, 9.17) is 14.2 Å². The van der Waals surface area contributed by atoms with E-state index in [2.05, 4.69) is 9.88 Å². The highest BCUT2D eigenvalue weighted by atomic mass is 19.4.